The van der Waals surface area contributed by atoms with E-state index < -0.39 is 5.95 Å². The van der Waals surface area contributed by atoms with Crippen LogP contribution >= 0.6 is 0 Å². The Bertz CT molecular complexity index is 437. The molecule has 3 heteroatoms. The van der Waals surface area contributed by atoms with Gasteiger partial charge in [-0.25, -0.2) is 4.98 Å². The molecule has 0 aliphatic rings. The van der Waals surface area contributed by atoms with Crippen molar-refractivity contribution in [3.8, 4) is 11.3 Å². The van der Waals surface area contributed by atoms with E-state index in [0.29, 0.717) is 0 Å². The normalized spacial score (nSPS) is 10.1. The lowest BCUT2D eigenvalue weighted by Gasteiger charge is -2.00. The number of halogens is 1. The van der Waals surface area contributed by atoms with Gasteiger partial charge >= 0.3 is 0 Å². The van der Waals surface area contributed by atoms with Crippen LogP contribution in [0, 0.1) is 12.9 Å². The van der Waals surface area contributed by atoms with E-state index in [4.69, 9.17) is 0 Å². The standard InChI is InChI=1S/C11H9FN2/c1-8-3-2-4-10(14-8)9-5-6-11(12)13-7-9/h2-7H,1H3. The largest absolute Gasteiger partial charge is 0.253 e. The van der Waals surface area contributed by atoms with Crippen LogP contribution in [0.3, 0.4) is 0 Å². The van der Waals surface area contributed by atoms with Crippen LogP contribution < -0.4 is 0 Å². The lowest BCUT2D eigenvalue weighted by atomic mass is 10.2. The smallest absolute Gasteiger partial charge is 0.212 e. The lowest BCUT2D eigenvalue weighted by molar-refractivity contribution is 0.584. The molecule has 0 amide bonds. The molecule has 0 bridgehead atoms. The van der Waals surface area contributed by atoms with Gasteiger partial charge in [-0.1, -0.05) is 6.07 Å². The number of rotatable bonds is 1. The molecular weight excluding hydrogens is 179 g/mol. The van der Waals surface area contributed by atoms with Crippen molar-refractivity contribution in [2.75, 3.05) is 0 Å². The lowest BCUT2D eigenvalue weighted by Crippen LogP contribution is -1.88. The molecule has 0 saturated heterocycles. The number of aromatic nitrogens is 2. The molecule has 70 valence electrons. The quantitative estimate of drug-likeness (QED) is 0.643. The summed E-state index contributed by atoms with van der Waals surface area (Å²) in [5.74, 6) is -0.471. The summed E-state index contributed by atoms with van der Waals surface area (Å²) in [6.45, 7) is 1.92. The van der Waals surface area contributed by atoms with E-state index in [1.54, 1.807) is 6.07 Å². The second kappa shape index (κ2) is 3.54. The van der Waals surface area contributed by atoms with Crippen LogP contribution in [-0.4, -0.2) is 9.97 Å². The first kappa shape index (κ1) is 8.81. The minimum absolute atomic E-state index is 0.471. The van der Waals surface area contributed by atoms with Crippen molar-refractivity contribution < 1.29 is 4.39 Å². The van der Waals surface area contributed by atoms with Crippen LogP contribution in [0.15, 0.2) is 36.5 Å². The third-order valence-electron chi connectivity index (χ3n) is 1.91. The van der Waals surface area contributed by atoms with Gasteiger partial charge in [-0.3, -0.25) is 4.98 Å². The van der Waals surface area contributed by atoms with Gasteiger partial charge in [0.25, 0.3) is 0 Å². The molecule has 0 N–H and O–H groups in total. The number of nitrogens with zero attached hydrogens (tertiary/aromatic N) is 2. The molecule has 2 aromatic heterocycles. The monoisotopic (exact) mass is 188 g/mol. The first-order chi connectivity index (χ1) is 6.75. The zero-order valence-electron chi connectivity index (χ0n) is 7.74. The summed E-state index contributed by atoms with van der Waals surface area (Å²) >= 11 is 0. The number of pyridine rings is 2. The molecule has 0 saturated carbocycles. The molecule has 2 heterocycles. The molecule has 0 aromatic carbocycles. The van der Waals surface area contributed by atoms with Crippen molar-refractivity contribution in [3.05, 3.63) is 48.2 Å². The van der Waals surface area contributed by atoms with E-state index in [-0.39, 0.29) is 0 Å². The molecule has 2 aromatic rings. The summed E-state index contributed by atoms with van der Waals surface area (Å²) in [7, 11) is 0. The third-order valence-corrected chi connectivity index (χ3v) is 1.91. The van der Waals surface area contributed by atoms with Gasteiger partial charge in [0.1, 0.15) is 0 Å². The van der Waals surface area contributed by atoms with Crippen LogP contribution in [0.4, 0.5) is 4.39 Å². The van der Waals surface area contributed by atoms with Crippen LogP contribution in [0.2, 0.25) is 0 Å². The highest BCUT2D eigenvalue weighted by molar-refractivity contribution is 5.57. The van der Waals surface area contributed by atoms with E-state index in [1.165, 1.54) is 12.3 Å². The molecule has 0 radical (unpaired) electrons. The SMILES string of the molecule is Cc1cccc(-c2ccc(F)nc2)n1. The van der Waals surface area contributed by atoms with E-state index in [2.05, 4.69) is 9.97 Å². The number of hydrogen-bond acceptors (Lipinski definition) is 2. The maximum Gasteiger partial charge on any atom is 0.212 e. The summed E-state index contributed by atoms with van der Waals surface area (Å²) in [6, 6.07) is 8.72. The molecular formula is C11H9FN2. The van der Waals surface area contributed by atoms with Crippen molar-refractivity contribution in [1.82, 2.24) is 9.97 Å². The summed E-state index contributed by atoms with van der Waals surface area (Å²) < 4.78 is 12.6. The molecule has 0 fully saturated rings. The maximum absolute atomic E-state index is 12.6. The van der Waals surface area contributed by atoms with Gasteiger partial charge in [-0.05, 0) is 31.2 Å². The molecule has 0 aliphatic heterocycles. The molecule has 0 unspecified atom stereocenters. The molecule has 14 heavy (non-hydrogen) atoms. The van der Waals surface area contributed by atoms with Crippen LogP contribution in [0.25, 0.3) is 11.3 Å². The summed E-state index contributed by atoms with van der Waals surface area (Å²) in [4.78, 5) is 7.89. The second-order valence-electron chi connectivity index (χ2n) is 3.03. The maximum atomic E-state index is 12.6. The average molecular weight is 188 g/mol. The first-order valence-electron chi connectivity index (χ1n) is 4.31. The minimum atomic E-state index is -0.471. The van der Waals surface area contributed by atoms with E-state index in [1.807, 2.05) is 25.1 Å². The van der Waals surface area contributed by atoms with Gasteiger partial charge in [0.05, 0.1) is 5.69 Å². The summed E-state index contributed by atoms with van der Waals surface area (Å²) in [5, 5.41) is 0. The predicted molar refractivity (Wildman–Crippen MR) is 52.2 cm³/mol. The number of aryl methyl sites for hydroxylation is 1. The zero-order chi connectivity index (χ0) is 9.97. The van der Waals surface area contributed by atoms with Crippen molar-refractivity contribution in [2.24, 2.45) is 0 Å². The molecule has 2 nitrogen and oxygen atoms in total. The molecule has 0 aliphatic carbocycles. The zero-order valence-corrected chi connectivity index (χ0v) is 7.74. The summed E-state index contributed by atoms with van der Waals surface area (Å²) in [6.07, 6.45) is 1.48. The van der Waals surface area contributed by atoms with Crippen LogP contribution in [0.5, 0.6) is 0 Å². The Hall–Kier alpha value is -1.77. The van der Waals surface area contributed by atoms with Crippen molar-refractivity contribution in [1.29, 1.82) is 0 Å². The minimum Gasteiger partial charge on any atom is -0.253 e. The fraction of sp³-hybridized carbons (Fsp3) is 0.0909. The topological polar surface area (TPSA) is 25.8 Å². The van der Waals surface area contributed by atoms with Crippen LogP contribution in [0.1, 0.15) is 5.69 Å². The predicted octanol–water partition coefficient (Wildman–Crippen LogP) is 2.59. The van der Waals surface area contributed by atoms with Gasteiger partial charge in [0, 0.05) is 17.5 Å². The Balaban J connectivity index is 2.44. The number of hydrogen-bond donors (Lipinski definition) is 0. The van der Waals surface area contributed by atoms with Gasteiger partial charge in [-0.2, -0.15) is 4.39 Å². The first-order valence-corrected chi connectivity index (χ1v) is 4.31. The Morgan fingerprint density at radius 1 is 1.14 bits per heavy atom. The Morgan fingerprint density at radius 2 is 2.00 bits per heavy atom. The van der Waals surface area contributed by atoms with Crippen LogP contribution in [-0.2, 0) is 0 Å². The molecule has 2 rings (SSSR count). The van der Waals surface area contributed by atoms with E-state index >= 15 is 0 Å². The Morgan fingerprint density at radius 3 is 2.64 bits per heavy atom. The highest BCUT2D eigenvalue weighted by Gasteiger charge is 1.99. The van der Waals surface area contributed by atoms with E-state index in [0.717, 1.165) is 17.0 Å². The van der Waals surface area contributed by atoms with Gasteiger partial charge in [-0.15, -0.1) is 0 Å². The fourth-order valence-corrected chi connectivity index (χ4v) is 1.23. The highest BCUT2D eigenvalue weighted by Crippen LogP contribution is 2.15. The third kappa shape index (κ3) is 1.76. The molecule has 0 spiro atoms. The highest BCUT2D eigenvalue weighted by atomic mass is 19.1. The van der Waals surface area contributed by atoms with Crippen molar-refractivity contribution in [3.63, 3.8) is 0 Å². The van der Waals surface area contributed by atoms with Gasteiger partial charge in [0.2, 0.25) is 5.95 Å². The van der Waals surface area contributed by atoms with E-state index in [9.17, 15) is 4.39 Å². The Labute approximate surface area is 81.5 Å². The fourth-order valence-electron chi connectivity index (χ4n) is 1.23. The second-order valence-corrected chi connectivity index (χ2v) is 3.03. The Kier molecular flexibility index (Phi) is 2.23. The summed E-state index contributed by atoms with van der Waals surface area (Å²) in [5.41, 5.74) is 2.58. The van der Waals surface area contributed by atoms with Crippen molar-refractivity contribution in [2.45, 2.75) is 6.92 Å². The van der Waals surface area contributed by atoms with Gasteiger partial charge in [0.15, 0.2) is 0 Å². The van der Waals surface area contributed by atoms with Gasteiger partial charge < -0.3 is 0 Å². The van der Waals surface area contributed by atoms with Crippen molar-refractivity contribution >= 4 is 0 Å². The average Bonchev–Trinajstić information content (AvgIpc) is 2.19. The molecule has 0 atom stereocenters.